The van der Waals surface area contributed by atoms with Crippen LogP contribution >= 0.6 is 0 Å². The van der Waals surface area contributed by atoms with Crippen molar-refractivity contribution in [3.63, 3.8) is 0 Å². The van der Waals surface area contributed by atoms with Crippen molar-refractivity contribution in [1.82, 2.24) is 5.32 Å². The van der Waals surface area contributed by atoms with E-state index in [-0.39, 0.29) is 30.7 Å². The van der Waals surface area contributed by atoms with E-state index < -0.39 is 11.9 Å². The van der Waals surface area contributed by atoms with Gasteiger partial charge in [-0.3, -0.25) is 4.90 Å². The Morgan fingerprint density at radius 3 is 2.61 bits per heavy atom. The Morgan fingerprint density at radius 2 is 1.84 bits per heavy atom. The lowest BCUT2D eigenvalue weighted by atomic mass is 9.93. The lowest BCUT2D eigenvalue weighted by Crippen LogP contribution is -2.42. The maximum absolute atomic E-state index is 13.9. The molecule has 1 amide bonds. The molecular formula is C24H23FN2O4. The first-order chi connectivity index (χ1) is 15.0. The standard InChI is InChI=1S/C24H23FN2O4/c25-18-7-4-8-19(12-18)27(24(30)31-15-16-5-2-1-3-6-16)14-21-20-13-23(29)22(28)11-17(20)9-10-26-21/h1-8,11-13,21,26,28-29H,9-10,14-15H2. The van der Waals surface area contributed by atoms with Crippen molar-refractivity contribution in [3.8, 4) is 11.5 Å². The van der Waals surface area contributed by atoms with Gasteiger partial charge >= 0.3 is 6.09 Å². The fourth-order valence-corrected chi connectivity index (χ4v) is 3.74. The van der Waals surface area contributed by atoms with Crippen molar-refractivity contribution in [1.29, 1.82) is 0 Å². The van der Waals surface area contributed by atoms with Crippen LogP contribution in [-0.4, -0.2) is 29.4 Å². The highest BCUT2D eigenvalue weighted by molar-refractivity contribution is 5.87. The monoisotopic (exact) mass is 422 g/mol. The van der Waals surface area contributed by atoms with Crippen molar-refractivity contribution >= 4 is 11.8 Å². The number of nitrogens with zero attached hydrogens (tertiary/aromatic N) is 1. The van der Waals surface area contributed by atoms with E-state index in [0.717, 1.165) is 16.7 Å². The Balaban J connectivity index is 1.60. The second kappa shape index (κ2) is 9.06. The number of carbonyl (C=O) groups is 1. The zero-order chi connectivity index (χ0) is 21.8. The first-order valence-electron chi connectivity index (χ1n) is 10.0. The highest BCUT2D eigenvalue weighted by Gasteiger charge is 2.27. The van der Waals surface area contributed by atoms with E-state index in [0.29, 0.717) is 18.7 Å². The number of phenols is 2. The summed E-state index contributed by atoms with van der Waals surface area (Å²) in [5.41, 5.74) is 2.88. The van der Waals surface area contributed by atoms with Crippen LogP contribution in [0.4, 0.5) is 14.9 Å². The molecule has 1 aliphatic heterocycles. The molecule has 31 heavy (non-hydrogen) atoms. The van der Waals surface area contributed by atoms with Crippen molar-refractivity contribution in [2.24, 2.45) is 0 Å². The molecule has 1 unspecified atom stereocenters. The molecule has 1 heterocycles. The van der Waals surface area contributed by atoms with E-state index in [9.17, 15) is 19.4 Å². The fraction of sp³-hybridized carbons (Fsp3) is 0.208. The maximum Gasteiger partial charge on any atom is 0.414 e. The summed E-state index contributed by atoms with van der Waals surface area (Å²) in [4.78, 5) is 14.4. The molecule has 7 heteroatoms. The van der Waals surface area contributed by atoms with Gasteiger partial charge in [0.2, 0.25) is 0 Å². The zero-order valence-electron chi connectivity index (χ0n) is 16.8. The summed E-state index contributed by atoms with van der Waals surface area (Å²) in [5, 5.41) is 23.1. The van der Waals surface area contributed by atoms with Gasteiger partial charge in [-0.2, -0.15) is 0 Å². The zero-order valence-corrected chi connectivity index (χ0v) is 16.8. The first-order valence-corrected chi connectivity index (χ1v) is 10.0. The van der Waals surface area contributed by atoms with Crippen LogP contribution in [0.5, 0.6) is 11.5 Å². The molecule has 0 saturated carbocycles. The molecule has 160 valence electrons. The largest absolute Gasteiger partial charge is 0.504 e. The van der Waals surface area contributed by atoms with Gasteiger partial charge in [0.1, 0.15) is 12.4 Å². The predicted octanol–water partition coefficient (Wildman–Crippen LogP) is 4.27. The van der Waals surface area contributed by atoms with Crippen LogP contribution < -0.4 is 10.2 Å². The number of ether oxygens (including phenoxy) is 1. The molecule has 3 aromatic carbocycles. The quantitative estimate of drug-likeness (QED) is 0.535. The van der Waals surface area contributed by atoms with Gasteiger partial charge < -0.3 is 20.3 Å². The number of rotatable bonds is 5. The highest BCUT2D eigenvalue weighted by atomic mass is 19.1. The third kappa shape index (κ3) is 4.78. The topological polar surface area (TPSA) is 82.0 Å². The molecule has 0 radical (unpaired) electrons. The lowest BCUT2D eigenvalue weighted by molar-refractivity contribution is 0.146. The highest BCUT2D eigenvalue weighted by Crippen LogP contribution is 2.34. The van der Waals surface area contributed by atoms with Crippen LogP contribution in [0.1, 0.15) is 22.7 Å². The van der Waals surface area contributed by atoms with E-state index in [4.69, 9.17) is 4.74 Å². The number of amides is 1. The molecule has 1 atom stereocenters. The Kier molecular flexibility index (Phi) is 6.04. The van der Waals surface area contributed by atoms with Crippen molar-refractivity contribution in [3.05, 3.63) is 89.2 Å². The molecule has 0 saturated heterocycles. The van der Waals surface area contributed by atoms with Gasteiger partial charge in [-0.1, -0.05) is 36.4 Å². The van der Waals surface area contributed by atoms with Crippen LogP contribution in [0.2, 0.25) is 0 Å². The smallest absolute Gasteiger partial charge is 0.414 e. The second-order valence-corrected chi connectivity index (χ2v) is 7.43. The van der Waals surface area contributed by atoms with E-state index in [2.05, 4.69) is 5.32 Å². The van der Waals surface area contributed by atoms with Crippen LogP contribution in [0.3, 0.4) is 0 Å². The molecule has 3 N–H and O–H groups in total. The maximum atomic E-state index is 13.9. The first kappa shape index (κ1) is 20.7. The number of halogens is 1. The van der Waals surface area contributed by atoms with E-state index in [1.54, 1.807) is 12.1 Å². The molecule has 3 aromatic rings. The van der Waals surface area contributed by atoms with Crippen molar-refractivity contribution in [2.75, 3.05) is 18.0 Å². The van der Waals surface area contributed by atoms with Crippen molar-refractivity contribution in [2.45, 2.75) is 19.1 Å². The molecule has 0 aromatic heterocycles. The number of fused-ring (bicyclic) bond motifs is 1. The minimum Gasteiger partial charge on any atom is -0.504 e. The summed E-state index contributed by atoms with van der Waals surface area (Å²) in [6, 6.07) is 17.8. The van der Waals surface area contributed by atoms with Gasteiger partial charge in [0.25, 0.3) is 0 Å². The third-order valence-corrected chi connectivity index (χ3v) is 5.31. The summed E-state index contributed by atoms with van der Waals surface area (Å²) < 4.78 is 19.4. The van der Waals surface area contributed by atoms with Crippen molar-refractivity contribution < 1.29 is 24.1 Å². The molecule has 0 spiro atoms. The number of nitrogens with one attached hydrogen (secondary N) is 1. The second-order valence-electron chi connectivity index (χ2n) is 7.43. The Labute approximate surface area is 179 Å². The molecule has 6 nitrogen and oxygen atoms in total. The SMILES string of the molecule is O=C(OCc1ccccc1)N(CC1NCCc2cc(O)c(O)cc21)c1cccc(F)c1. The summed E-state index contributed by atoms with van der Waals surface area (Å²) in [6.45, 7) is 0.890. The molecule has 0 aliphatic carbocycles. The van der Waals surface area contributed by atoms with Gasteiger partial charge in [-0.25, -0.2) is 9.18 Å². The minimum atomic E-state index is -0.605. The Hall–Kier alpha value is -3.58. The molecular weight excluding hydrogens is 399 g/mol. The van der Waals surface area contributed by atoms with Crippen LogP contribution in [0.15, 0.2) is 66.7 Å². The van der Waals surface area contributed by atoms with Crippen LogP contribution in [0, 0.1) is 5.82 Å². The average molecular weight is 422 g/mol. The minimum absolute atomic E-state index is 0.0921. The number of aromatic hydroxyl groups is 2. The molecule has 0 fully saturated rings. The summed E-state index contributed by atoms with van der Waals surface area (Å²) in [6.07, 6.45) is 0.0735. The Bertz CT molecular complexity index is 1070. The number of hydrogen-bond acceptors (Lipinski definition) is 5. The molecule has 0 bridgehead atoms. The number of anilines is 1. The summed E-state index contributed by atoms with van der Waals surface area (Å²) >= 11 is 0. The predicted molar refractivity (Wildman–Crippen MR) is 115 cm³/mol. The summed E-state index contributed by atoms with van der Waals surface area (Å²) in [5.74, 6) is -0.863. The number of benzene rings is 3. The van der Waals surface area contributed by atoms with E-state index >= 15 is 0 Å². The number of hydrogen-bond donors (Lipinski definition) is 3. The molecule has 4 rings (SSSR count). The normalized spacial score (nSPS) is 15.2. The number of carbonyl (C=O) groups excluding carboxylic acids is 1. The van der Waals surface area contributed by atoms with Gasteiger partial charge in [-0.05, 0) is 60.0 Å². The van der Waals surface area contributed by atoms with Crippen LogP contribution in [0.25, 0.3) is 0 Å². The van der Waals surface area contributed by atoms with E-state index in [1.807, 2.05) is 30.3 Å². The summed E-state index contributed by atoms with van der Waals surface area (Å²) in [7, 11) is 0. The van der Waals surface area contributed by atoms with Crippen LogP contribution in [-0.2, 0) is 17.8 Å². The lowest BCUT2D eigenvalue weighted by Gasteiger charge is -2.32. The molecule has 1 aliphatic rings. The average Bonchev–Trinajstić information content (AvgIpc) is 2.77. The third-order valence-electron chi connectivity index (χ3n) is 5.31. The number of phenolic OH excluding ortho intramolecular Hbond substituents is 2. The van der Waals surface area contributed by atoms with Gasteiger partial charge in [0.15, 0.2) is 11.5 Å². The fourth-order valence-electron chi connectivity index (χ4n) is 3.74. The Morgan fingerprint density at radius 1 is 1.06 bits per heavy atom. The van der Waals surface area contributed by atoms with Gasteiger partial charge in [0.05, 0.1) is 11.7 Å². The van der Waals surface area contributed by atoms with Gasteiger partial charge in [-0.15, -0.1) is 0 Å². The van der Waals surface area contributed by atoms with Gasteiger partial charge in [0, 0.05) is 6.54 Å². The van der Waals surface area contributed by atoms with E-state index in [1.165, 1.54) is 29.2 Å².